The lowest BCUT2D eigenvalue weighted by atomic mass is 9.79. The molecule has 0 aromatic rings. The Kier molecular flexibility index (Phi) is 6.02. The van der Waals surface area contributed by atoms with Gasteiger partial charge in [0.1, 0.15) is 0 Å². The molecule has 0 bridgehead atoms. The molecular weight excluding hydrogens is 240 g/mol. The molecule has 0 aromatic carbocycles. The highest BCUT2D eigenvalue weighted by Crippen LogP contribution is 2.43. The minimum absolute atomic E-state index is 0.247. The van der Waals surface area contributed by atoms with E-state index in [1.165, 1.54) is 11.8 Å². The van der Waals surface area contributed by atoms with Gasteiger partial charge in [-0.3, -0.25) is 0 Å². The summed E-state index contributed by atoms with van der Waals surface area (Å²) in [5.41, 5.74) is -0.578. The van der Waals surface area contributed by atoms with Crippen LogP contribution in [0.4, 0.5) is 0 Å². The summed E-state index contributed by atoms with van der Waals surface area (Å²) < 4.78 is 8.76. The van der Waals surface area contributed by atoms with Crippen LogP contribution in [0.5, 0.6) is 0 Å². The van der Waals surface area contributed by atoms with Gasteiger partial charge in [-0.15, -0.1) is 11.8 Å². The van der Waals surface area contributed by atoms with E-state index in [9.17, 15) is 9.59 Å². The summed E-state index contributed by atoms with van der Waals surface area (Å²) in [5, 5.41) is 0. The zero-order chi connectivity index (χ0) is 13.7. The molecule has 0 aliphatic heterocycles. The predicted octanol–water partition coefficient (Wildman–Crippen LogP) is 2.26. The van der Waals surface area contributed by atoms with Gasteiger partial charge in [0.25, 0.3) is 0 Å². The molecule has 0 atom stereocenters. The number of carbonyl (C=O) groups is 2. The molecule has 4 nitrogen and oxygen atoms in total. The normalized spacial score (nSPS) is 12.1. The van der Waals surface area contributed by atoms with Crippen molar-refractivity contribution in [3.8, 4) is 0 Å². The topological polar surface area (TPSA) is 52.6 Å². The van der Waals surface area contributed by atoms with Crippen molar-refractivity contribution in [2.75, 3.05) is 19.5 Å². The Balaban J connectivity index is 5.46. The zero-order valence-electron chi connectivity index (χ0n) is 11.5. The van der Waals surface area contributed by atoms with Crippen LogP contribution in [0.3, 0.4) is 0 Å². The van der Waals surface area contributed by atoms with Crippen LogP contribution in [0.25, 0.3) is 0 Å². The molecule has 0 radical (unpaired) electrons. The number of hydrogen-bond donors (Lipinski definition) is 0. The first-order valence-corrected chi connectivity index (χ1v) is 6.90. The van der Waals surface area contributed by atoms with Crippen molar-refractivity contribution in [1.29, 1.82) is 0 Å². The summed E-state index contributed by atoms with van der Waals surface area (Å²) in [6.07, 6.45) is 1.72. The lowest BCUT2D eigenvalue weighted by Gasteiger charge is -2.38. The zero-order valence-corrected chi connectivity index (χ0v) is 12.3. The van der Waals surface area contributed by atoms with Gasteiger partial charge in [-0.05, 0) is 25.5 Å². The maximum Gasteiger partial charge on any atom is 0.334 e. The van der Waals surface area contributed by atoms with Crippen molar-refractivity contribution in [3.05, 3.63) is 0 Å². The first-order valence-electron chi connectivity index (χ1n) is 5.67. The Bertz CT molecular complexity index is 263. The van der Waals surface area contributed by atoms with Crippen LogP contribution in [0.15, 0.2) is 0 Å². The van der Waals surface area contributed by atoms with Crippen LogP contribution >= 0.6 is 11.8 Å². The molecule has 0 fully saturated rings. The van der Waals surface area contributed by atoms with Crippen LogP contribution < -0.4 is 0 Å². The monoisotopic (exact) mass is 262 g/mol. The standard InChI is InChI=1S/C12H22O4S/c1-7-15-9(13)12(17-6,11(3,4)5)10(14)16-8-2/h7-8H2,1-6H3. The van der Waals surface area contributed by atoms with Crippen molar-refractivity contribution in [2.24, 2.45) is 5.41 Å². The van der Waals surface area contributed by atoms with Crippen LogP contribution in [0.2, 0.25) is 0 Å². The minimum Gasteiger partial charge on any atom is -0.464 e. The van der Waals surface area contributed by atoms with Gasteiger partial charge in [0.15, 0.2) is 0 Å². The molecule has 0 saturated carbocycles. The predicted molar refractivity (Wildman–Crippen MR) is 69.0 cm³/mol. The van der Waals surface area contributed by atoms with E-state index in [2.05, 4.69) is 0 Å². The van der Waals surface area contributed by atoms with E-state index < -0.39 is 22.1 Å². The van der Waals surface area contributed by atoms with E-state index in [0.717, 1.165) is 0 Å². The van der Waals surface area contributed by atoms with Gasteiger partial charge in [0.2, 0.25) is 4.75 Å². The fourth-order valence-electron chi connectivity index (χ4n) is 1.63. The number of hydrogen-bond acceptors (Lipinski definition) is 5. The summed E-state index contributed by atoms with van der Waals surface area (Å²) in [5.74, 6) is -1.06. The molecule has 0 rings (SSSR count). The fraction of sp³-hybridized carbons (Fsp3) is 0.833. The molecule has 100 valence electrons. The SMILES string of the molecule is CCOC(=O)C(SC)(C(=O)OCC)C(C)(C)C. The summed E-state index contributed by atoms with van der Waals surface area (Å²) in [4.78, 5) is 24.2. The highest BCUT2D eigenvalue weighted by Gasteiger charge is 2.57. The Hall–Kier alpha value is -0.710. The molecule has 17 heavy (non-hydrogen) atoms. The molecular formula is C12H22O4S. The Morgan fingerprint density at radius 1 is 1.00 bits per heavy atom. The number of carbonyl (C=O) groups excluding carboxylic acids is 2. The van der Waals surface area contributed by atoms with Gasteiger partial charge in [-0.25, -0.2) is 9.59 Å². The third-order valence-electron chi connectivity index (χ3n) is 2.49. The first-order chi connectivity index (χ1) is 7.77. The third-order valence-corrected chi connectivity index (χ3v) is 4.05. The average molecular weight is 262 g/mol. The quantitative estimate of drug-likeness (QED) is 0.562. The lowest BCUT2D eigenvalue weighted by molar-refractivity contribution is -0.163. The summed E-state index contributed by atoms with van der Waals surface area (Å²) in [7, 11) is 0. The Labute approximate surface area is 107 Å². The highest BCUT2D eigenvalue weighted by atomic mass is 32.2. The van der Waals surface area contributed by atoms with Crippen molar-refractivity contribution in [3.63, 3.8) is 0 Å². The van der Waals surface area contributed by atoms with Gasteiger partial charge in [0.05, 0.1) is 13.2 Å². The second kappa shape index (κ2) is 6.28. The molecule has 0 aromatic heterocycles. The molecule has 0 aliphatic rings. The molecule has 0 saturated heterocycles. The van der Waals surface area contributed by atoms with Crippen LogP contribution in [0, 0.1) is 5.41 Å². The summed E-state index contributed by atoms with van der Waals surface area (Å²) in [6, 6.07) is 0. The van der Waals surface area contributed by atoms with E-state index in [-0.39, 0.29) is 13.2 Å². The molecule has 0 amide bonds. The van der Waals surface area contributed by atoms with Crippen LogP contribution in [-0.2, 0) is 19.1 Å². The number of ether oxygens (including phenoxy) is 2. The molecule has 0 aliphatic carbocycles. The average Bonchev–Trinajstić information content (AvgIpc) is 2.18. The van der Waals surface area contributed by atoms with Crippen molar-refractivity contribution < 1.29 is 19.1 Å². The lowest BCUT2D eigenvalue weighted by Crippen LogP contribution is -2.55. The molecule has 5 heteroatoms. The van der Waals surface area contributed by atoms with E-state index in [1.54, 1.807) is 20.1 Å². The maximum absolute atomic E-state index is 12.1. The molecule has 0 N–H and O–H groups in total. The van der Waals surface area contributed by atoms with E-state index in [4.69, 9.17) is 9.47 Å². The maximum atomic E-state index is 12.1. The van der Waals surface area contributed by atoms with E-state index >= 15 is 0 Å². The second-order valence-corrected chi connectivity index (χ2v) is 5.60. The second-order valence-electron chi connectivity index (χ2n) is 4.58. The number of rotatable bonds is 5. The smallest absolute Gasteiger partial charge is 0.334 e. The summed E-state index contributed by atoms with van der Waals surface area (Å²) >= 11 is 1.17. The first kappa shape index (κ1) is 16.3. The van der Waals surface area contributed by atoms with Gasteiger partial charge < -0.3 is 9.47 Å². The van der Waals surface area contributed by atoms with Crippen molar-refractivity contribution in [1.82, 2.24) is 0 Å². The van der Waals surface area contributed by atoms with Gasteiger partial charge >= 0.3 is 11.9 Å². The Morgan fingerprint density at radius 2 is 1.35 bits per heavy atom. The highest BCUT2D eigenvalue weighted by molar-refractivity contribution is 8.01. The van der Waals surface area contributed by atoms with E-state index in [1.807, 2.05) is 20.8 Å². The van der Waals surface area contributed by atoms with E-state index in [0.29, 0.717) is 0 Å². The van der Waals surface area contributed by atoms with Crippen LogP contribution in [0.1, 0.15) is 34.6 Å². The van der Waals surface area contributed by atoms with Gasteiger partial charge in [-0.1, -0.05) is 20.8 Å². The van der Waals surface area contributed by atoms with Gasteiger partial charge in [0, 0.05) is 0 Å². The minimum atomic E-state index is -1.31. The fourth-order valence-corrected chi connectivity index (χ4v) is 2.70. The van der Waals surface area contributed by atoms with Crippen LogP contribution in [-0.4, -0.2) is 36.2 Å². The van der Waals surface area contributed by atoms with Gasteiger partial charge in [-0.2, -0.15) is 0 Å². The summed E-state index contributed by atoms with van der Waals surface area (Å²) in [6.45, 7) is 9.42. The third kappa shape index (κ3) is 3.15. The number of esters is 2. The molecule has 0 heterocycles. The largest absolute Gasteiger partial charge is 0.464 e. The number of thioether (sulfide) groups is 1. The Morgan fingerprint density at radius 3 is 1.53 bits per heavy atom. The van der Waals surface area contributed by atoms with Crippen molar-refractivity contribution in [2.45, 2.75) is 39.4 Å². The van der Waals surface area contributed by atoms with Crippen molar-refractivity contribution >= 4 is 23.7 Å². The molecule has 0 unspecified atom stereocenters. The molecule has 0 spiro atoms.